The molecule has 1 aromatic carbocycles. The van der Waals surface area contributed by atoms with Crippen LogP contribution in [0, 0.1) is 11.5 Å². The first kappa shape index (κ1) is 14.4. The van der Waals surface area contributed by atoms with Crippen LogP contribution in [0.25, 0.3) is 0 Å². The first-order valence-corrected chi connectivity index (χ1v) is 7.79. The monoisotopic (exact) mass is 319 g/mol. The van der Waals surface area contributed by atoms with Gasteiger partial charge in [-0.15, -0.1) is 0 Å². The predicted octanol–water partition coefficient (Wildman–Crippen LogP) is 1.83. The number of hydrogen-bond donors (Lipinski definition) is 1. The van der Waals surface area contributed by atoms with Crippen LogP contribution in [0.5, 0.6) is 0 Å². The number of benzene rings is 1. The minimum atomic E-state index is -3.79. The van der Waals surface area contributed by atoms with Gasteiger partial charge in [0.25, 0.3) is 0 Å². The number of nitriles is 1. The quantitative estimate of drug-likeness (QED) is 0.862. The number of likely N-dealkylation sites (tertiary alicyclic amines) is 1. The van der Waals surface area contributed by atoms with Gasteiger partial charge in [-0.3, -0.25) is 0 Å². The minimum Gasteiger partial charge on any atom is -0.309 e. The molecule has 19 heavy (non-hydrogen) atoms. The number of rotatable bonds is 3. The number of sulfonamides is 1. The van der Waals surface area contributed by atoms with E-state index in [4.69, 9.17) is 28.5 Å². The lowest BCUT2D eigenvalue weighted by molar-refractivity contribution is 0.470. The van der Waals surface area contributed by atoms with Crippen LogP contribution in [0.4, 0.5) is 0 Å². The third kappa shape index (κ3) is 3.12. The zero-order valence-corrected chi connectivity index (χ0v) is 12.1. The lowest BCUT2D eigenvalue weighted by Gasteiger charge is -2.14. The second-order valence-electron chi connectivity index (χ2n) is 4.20. The van der Waals surface area contributed by atoms with Crippen LogP contribution in [-0.2, 0) is 10.0 Å². The Morgan fingerprint density at radius 1 is 1.37 bits per heavy atom. The number of nitrogens with one attached hydrogen (secondary N) is 1. The highest BCUT2D eigenvalue weighted by Crippen LogP contribution is 2.29. The summed E-state index contributed by atoms with van der Waals surface area (Å²) in [6.07, 6.45) is 2.57. The molecular weight excluding hydrogens is 309 g/mol. The van der Waals surface area contributed by atoms with Crippen LogP contribution in [0.3, 0.4) is 0 Å². The van der Waals surface area contributed by atoms with Crippen molar-refractivity contribution in [2.24, 2.45) is 0 Å². The Bertz CT molecular complexity index is 607. The summed E-state index contributed by atoms with van der Waals surface area (Å²) in [5, 5.41) is 8.90. The minimum absolute atomic E-state index is 0.0788. The zero-order chi connectivity index (χ0) is 14.0. The molecule has 1 aliphatic heterocycles. The van der Waals surface area contributed by atoms with Crippen molar-refractivity contribution in [1.29, 1.82) is 5.26 Å². The van der Waals surface area contributed by atoms with Crippen molar-refractivity contribution in [3.8, 4) is 6.19 Å². The molecule has 1 heterocycles. The predicted molar refractivity (Wildman–Crippen MR) is 72.4 cm³/mol. The third-order valence-corrected chi connectivity index (χ3v) is 5.31. The van der Waals surface area contributed by atoms with E-state index in [1.54, 1.807) is 6.07 Å². The van der Waals surface area contributed by atoms with Crippen molar-refractivity contribution >= 4 is 33.2 Å². The smallest absolute Gasteiger partial charge is 0.243 e. The Hall–Kier alpha value is -1.00. The Labute approximate surface area is 121 Å². The lowest BCUT2D eigenvalue weighted by Crippen LogP contribution is -2.36. The summed E-state index contributed by atoms with van der Waals surface area (Å²) in [5.74, 6) is 0. The Morgan fingerprint density at radius 3 is 2.53 bits per heavy atom. The molecule has 0 unspecified atom stereocenters. The van der Waals surface area contributed by atoms with Crippen molar-refractivity contribution < 1.29 is 8.42 Å². The molecule has 1 saturated heterocycles. The van der Waals surface area contributed by atoms with Gasteiger partial charge in [-0.05, 0) is 18.6 Å². The Balaban J connectivity index is 2.23. The van der Waals surface area contributed by atoms with Gasteiger partial charge >= 0.3 is 0 Å². The Kier molecular flexibility index (Phi) is 4.21. The largest absolute Gasteiger partial charge is 0.309 e. The van der Waals surface area contributed by atoms with E-state index in [0.717, 1.165) is 0 Å². The standard InChI is InChI=1S/C11H11Cl2N3O2S/c12-9-2-1-3-10(13)11(9)19(17,18)15-8-4-5-16(6-8)7-14/h1-3,8,15H,4-6H2/t8-/m1/s1. The average molecular weight is 320 g/mol. The van der Waals surface area contributed by atoms with Crippen LogP contribution in [-0.4, -0.2) is 32.4 Å². The molecule has 0 aromatic heterocycles. The molecule has 1 fully saturated rings. The van der Waals surface area contributed by atoms with Gasteiger partial charge in [0.15, 0.2) is 6.19 Å². The molecule has 0 amide bonds. The van der Waals surface area contributed by atoms with E-state index in [1.807, 2.05) is 6.19 Å². The maximum absolute atomic E-state index is 12.2. The SMILES string of the molecule is N#CN1CC[C@@H](NS(=O)(=O)c2c(Cl)cccc2Cl)C1. The molecule has 0 bridgehead atoms. The highest BCUT2D eigenvalue weighted by Gasteiger charge is 2.29. The van der Waals surface area contributed by atoms with Crippen LogP contribution in [0.2, 0.25) is 10.0 Å². The van der Waals surface area contributed by atoms with Gasteiger partial charge in [-0.1, -0.05) is 29.3 Å². The molecule has 2 rings (SSSR count). The normalized spacial score (nSPS) is 19.4. The van der Waals surface area contributed by atoms with Gasteiger partial charge in [0.1, 0.15) is 4.90 Å². The van der Waals surface area contributed by atoms with Gasteiger partial charge in [-0.25, -0.2) is 13.1 Å². The van der Waals surface area contributed by atoms with Crippen LogP contribution in [0.15, 0.2) is 23.1 Å². The summed E-state index contributed by atoms with van der Waals surface area (Å²) in [5.41, 5.74) is 0. The van der Waals surface area contributed by atoms with E-state index in [9.17, 15) is 8.42 Å². The van der Waals surface area contributed by atoms with E-state index < -0.39 is 10.0 Å². The van der Waals surface area contributed by atoms with Gasteiger partial charge in [-0.2, -0.15) is 5.26 Å². The molecule has 1 N–H and O–H groups in total. The van der Waals surface area contributed by atoms with E-state index in [0.29, 0.717) is 19.5 Å². The topological polar surface area (TPSA) is 73.2 Å². The highest BCUT2D eigenvalue weighted by molar-refractivity contribution is 7.89. The van der Waals surface area contributed by atoms with Crippen molar-refractivity contribution in [3.05, 3.63) is 28.2 Å². The highest BCUT2D eigenvalue weighted by atomic mass is 35.5. The first-order chi connectivity index (χ1) is 8.94. The molecule has 0 spiro atoms. The second kappa shape index (κ2) is 5.55. The van der Waals surface area contributed by atoms with Crippen molar-refractivity contribution in [2.75, 3.05) is 13.1 Å². The van der Waals surface area contributed by atoms with Crippen LogP contribution >= 0.6 is 23.2 Å². The molecular formula is C11H11Cl2N3O2S. The first-order valence-electron chi connectivity index (χ1n) is 5.55. The fraction of sp³-hybridized carbons (Fsp3) is 0.364. The van der Waals surface area contributed by atoms with Gasteiger partial charge in [0, 0.05) is 19.1 Å². The summed E-state index contributed by atoms with van der Waals surface area (Å²) in [6.45, 7) is 0.901. The van der Waals surface area contributed by atoms with Crippen LogP contribution < -0.4 is 4.72 Å². The molecule has 1 aliphatic rings. The summed E-state index contributed by atoms with van der Waals surface area (Å²) in [4.78, 5) is 1.38. The van der Waals surface area contributed by atoms with Crippen molar-refractivity contribution in [2.45, 2.75) is 17.4 Å². The average Bonchev–Trinajstić information content (AvgIpc) is 2.75. The fourth-order valence-corrected chi connectivity index (χ4v) is 4.37. The molecule has 1 atom stereocenters. The molecule has 8 heteroatoms. The van der Waals surface area contributed by atoms with Crippen LogP contribution in [0.1, 0.15) is 6.42 Å². The number of halogens is 2. The van der Waals surface area contributed by atoms with Gasteiger partial charge < -0.3 is 4.90 Å². The number of nitrogens with zero attached hydrogens (tertiary/aromatic N) is 2. The maximum Gasteiger partial charge on any atom is 0.243 e. The fourth-order valence-electron chi connectivity index (χ4n) is 1.96. The van der Waals surface area contributed by atoms with Crippen molar-refractivity contribution in [1.82, 2.24) is 9.62 Å². The van der Waals surface area contributed by atoms with E-state index in [1.165, 1.54) is 17.0 Å². The second-order valence-corrected chi connectivity index (χ2v) is 6.67. The molecule has 0 radical (unpaired) electrons. The maximum atomic E-state index is 12.2. The zero-order valence-electron chi connectivity index (χ0n) is 9.81. The Morgan fingerprint density at radius 2 is 2.00 bits per heavy atom. The van der Waals surface area contributed by atoms with Gasteiger partial charge in [0.2, 0.25) is 10.0 Å². The summed E-state index contributed by atoms with van der Waals surface area (Å²) >= 11 is 11.8. The third-order valence-electron chi connectivity index (χ3n) is 2.84. The lowest BCUT2D eigenvalue weighted by atomic mass is 10.3. The van der Waals surface area contributed by atoms with E-state index in [-0.39, 0.29) is 21.0 Å². The molecule has 0 saturated carbocycles. The molecule has 5 nitrogen and oxygen atoms in total. The van der Waals surface area contributed by atoms with E-state index >= 15 is 0 Å². The van der Waals surface area contributed by atoms with E-state index in [2.05, 4.69) is 4.72 Å². The summed E-state index contributed by atoms with van der Waals surface area (Å²) in [7, 11) is -3.79. The number of hydrogen-bond acceptors (Lipinski definition) is 4. The molecule has 0 aliphatic carbocycles. The summed E-state index contributed by atoms with van der Waals surface area (Å²) in [6, 6.07) is 4.21. The summed E-state index contributed by atoms with van der Waals surface area (Å²) < 4.78 is 27.0. The van der Waals surface area contributed by atoms with Crippen molar-refractivity contribution in [3.63, 3.8) is 0 Å². The molecule has 102 valence electrons. The molecule has 1 aromatic rings. The van der Waals surface area contributed by atoms with Gasteiger partial charge in [0.05, 0.1) is 10.0 Å².